The van der Waals surface area contributed by atoms with Crippen molar-refractivity contribution in [3.63, 3.8) is 0 Å². The number of fused-ring (bicyclic) bond motifs is 6. The second-order valence-electron chi connectivity index (χ2n) is 7.76. The molecule has 0 fully saturated rings. The maximum absolute atomic E-state index is 12.3. The fraction of sp³-hybridized carbons (Fsp3) is 0. The summed E-state index contributed by atoms with van der Waals surface area (Å²) in [5.74, 6) is -5.71. The van der Waals surface area contributed by atoms with Crippen molar-refractivity contribution >= 4 is 67.0 Å². The first-order chi connectivity index (χ1) is 16.2. The van der Waals surface area contributed by atoms with Crippen molar-refractivity contribution in [3.8, 4) is 0 Å². The standard InChI is InChI=1S/C26H14O8/c27-23(28)19-13-7-3-1-5-11(13)15-9-18-16(10-17(15)21(19)25(31)32)12-6-2-4-8-14(12)20(24(29)30)22(18)26(33)34/h1-10H,(H,27,28)(H,29,30)(H,31,32)(H,33,34). The number of carbonyl (C=O) groups is 4. The van der Waals surface area contributed by atoms with Crippen LogP contribution in [0, 0.1) is 0 Å². The average Bonchev–Trinajstić information content (AvgIpc) is 2.80. The van der Waals surface area contributed by atoms with E-state index >= 15 is 0 Å². The molecule has 0 unspecified atom stereocenters. The lowest BCUT2D eigenvalue weighted by molar-refractivity contribution is 0.0655. The second kappa shape index (κ2) is 7.28. The summed E-state index contributed by atoms with van der Waals surface area (Å²) in [6.45, 7) is 0. The normalized spacial score (nSPS) is 11.3. The third kappa shape index (κ3) is 2.79. The monoisotopic (exact) mass is 454 g/mol. The highest BCUT2D eigenvalue weighted by Gasteiger charge is 2.28. The van der Waals surface area contributed by atoms with Gasteiger partial charge in [-0.1, -0.05) is 48.5 Å². The van der Waals surface area contributed by atoms with Gasteiger partial charge in [-0.25, -0.2) is 19.2 Å². The van der Waals surface area contributed by atoms with E-state index in [4.69, 9.17) is 0 Å². The van der Waals surface area contributed by atoms with E-state index in [1.165, 1.54) is 24.3 Å². The molecule has 0 saturated heterocycles. The molecule has 0 radical (unpaired) electrons. The van der Waals surface area contributed by atoms with Crippen molar-refractivity contribution in [1.82, 2.24) is 0 Å². The summed E-state index contributed by atoms with van der Waals surface area (Å²) < 4.78 is 0. The van der Waals surface area contributed by atoms with Gasteiger partial charge in [0.2, 0.25) is 0 Å². The first-order valence-corrected chi connectivity index (χ1v) is 10.0. The molecule has 0 spiro atoms. The summed E-state index contributed by atoms with van der Waals surface area (Å²) in [6, 6.07) is 15.5. The Morgan fingerprint density at radius 2 is 0.647 bits per heavy atom. The third-order valence-electron chi connectivity index (χ3n) is 6.02. The lowest BCUT2D eigenvalue weighted by Crippen LogP contribution is -2.12. The van der Waals surface area contributed by atoms with E-state index in [2.05, 4.69) is 0 Å². The number of carboxylic acids is 4. The molecule has 5 rings (SSSR count). The molecule has 0 bridgehead atoms. The van der Waals surface area contributed by atoms with Gasteiger partial charge in [-0.05, 0) is 55.2 Å². The third-order valence-corrected chi connectivity index (χ3v) is 6.02. The molecule has 0 saturated carbocycles. The Morgan fingerprint density at radius 3 is 0.941 bits per heavy atom. The Morgan fingerprint density at radius 1 is 0.382 bits per heavy atom. The van der Waals surface area contributed by atoms with Gasteiger partial charge >= 0.3 is 23.9 Å². The molecule has 5 aromatic carbocycles. The minimum absolute atomic E-state index is 0.112. The number of carboxylic acid groups (broad SMARTS) is 4. The zero-order chi connectivity index (χ0) is 24.3. The van der Waals surface area contributed by atoms with Crippen molar-refractivity contribution in [2.24, 2.45) is 0 Å². The van der Waals surface area contributed by atoms with E-state index in [0.717, 1.165) is 0 Å². The molecule has 0 aliphatic heterocycles. The lowest BCUT2D eigenvalue weighted by Gasteiger charge is -2.17. The Labute approximate surface area is 189 Å². The Kier molecular flexibility index (Phi) is 4.47. The van der Waals surface area contributed by atoms with Crippen LogP contribution in [0.5, 0.6) is 0 Å². The Hall–Kier alpha value is -4.98. The van der Waals surface area contributed by atoms with Crippen LogP contribution in [0.3, 0.4) is 0 Å². The van der Waals surface area contributed by atoms with E-state index in [1.807, 2.05) is 0 Å². The number of rotatable bonds is 4. The van der Waals surface area contributed by atoms with Gasteiger partial charge in [0.25, 0.3) is 0 Å². The molecule has 0 aliphatic rings. The molecule has 0 aromatic heterocycles. The summed E-state index contributed by atoms with van der Waals surface area (Å²) in [7, 11) is 0. The smallest absolute Gasteiger partial charge is 0.337 e. The van der Waals surface area contributed by atoms with Gasteiger partial charge < -0.3 is 20.4 Å². The zero-order valence-electron chi connectivity index (χ0n) is 17.2. The van der Waals surface area contributed by atoms with Crippen LogP contribution < -0.4 is 0 Å². The van der Waals surface area contributed by atoms with E-state index in [0.29, 0.717) is 21.5 Å². The second-order valence-corrected chi connectivity index (χ2v) is 7.76. The van der Waals surface area contributed by atoms with Crippen LogP contribution in [-0.4, -0.2) is 44.3 Å². The summed E-state index contributed by atoms with van der Waals surface area (Å²) in [5.41, 5.74) is -1.60. The van der Waals surface area contributed by atoms with Crippen molar-refractivity contribution in [2.75, 3.05) is 0 Å². The van der Waals surface area contributed by atoms with Crippen molar-refractivity contribution in [1.29, 1.82) is 0 Å². The van der Waals surface area contributed by atoms with Gasteiger partial charge in [0.15, 0.2) is 0 Å². The number of benzene rings is 5. The van der Waals surface area contributed by atoms with Gasteiger partial charge in [0.05, 0.1) is 22.3 Å². The highest BCUT2D eigenvalue weighted by Crippen LogP contribution is 2.40. The largest absolute Gasteiger partial charge is 0.478 e. The van der Waals surface area contributed by atoms with Crippen molar-refractivity contribution in [2.45, 2.75) is 0 Å². The molecular weight excluding hydrogens is 440 g/mol. The van der Waals surface area contributed by atoms with E-state index in [-0.39, 0.29) is 32.7 Å². The van der Waals surface area contributed by atoms with Gasteiger partial charge in [-0.2, -0.15) is 0 Å². The molecule has 34 heavy (non-hydrogen) atoms. The molecule has 0 amide bonds. The molecular formula is C26H14O8. The fourth-order valence-electron chi connectivity index (χ4n) is 4.76. The molecule has 4 N–H and O–H groups in total. The first kappa shape index (κ1) is 20.9. The molecule has 0 atom stereocenters. The Balaban J connectivity index is 2.18. The summed E-state index contributed by atoms with van der Waals surface area (Å²) in [4.78, 5) is 48.8. The van der Waals surface area contributed by atoms with Crippen molar-refractivity contribution < 1.29 is 39.6 Å². The SMILES string of the molecule is O=C(O)c1c(C(=O)O)c2cc3c(cc2c2ccccc12)c(C(=O)O)c(C(=O)O)c1ccccc13. The van der Waals surface area contributed by atoms with E-state index < -0.39 is 35.0 Å². The maximum Gasteiger partial charge on any atom is 0.337 e. The first-order valence-electron chi connectivity index (χ1n) is 10.0. The number of aromatic carboxylic acids is 4. The van der Waals surface area contributed by atoms with Gasteiger partial charge in [-0.15, -0.1) is 0 Å². The number of hydrogen-bond acceptors (Lipinski definition) is 4. The van der Waals surface area contributed by atoms with Crippen LogP contribution >= 0.6 is 0 Å². The quantitative estimate of drug-likeness (QED) is 0.217. The van der Waals surface area contributed by atoms with Crippen LogP contribution in [0.2, 0.25) is 0 Å². The predicted molar refractivity (Wildman–Crippen MR) is 124 cm³/mol. The summed E-state index contributed by atoms with van der Waals surface area (Å²) in [5, 5.41) is 41.7. The lowest BCUT2D eigenvalue weighted by atomic mass is 9.86. The molecule has 0 heterocycles. The summed E-state index contributed by atoms with van der Waals surface area (Å²) >= 11 is 0. The van der Waals surface area contributed by atoms with Crippen molar-refractivity contribution in [3.05, 3.63) is 82.9 Å². The minimum atomic E-state index is -1.45. The van der Waals surface area contributed by atoms with Crippen LogP contribution in [0.1, 0.15) is 41.4 Å². The maximum atomic E-state index is 12.3. The van der Waals surface area contributed by atoms with E-state index in [1.54, 1.807) is 36.4 Å². The van der Waals surface area contributed by atoms with Gasteiger partial charge in [-0.3, -0.25) is 0 Å². The zero-order valence-corrected chi connectivity index (χ0v) is 17.2. The van der Waals surface area contributed by atoms with Gasteiger partial charge in [0, 0.05) is 0 Å². The van der Waals surface area contributed by atoms with E-state index in [9.17, 15) is 39.6 Å². The van der Waals surface area contributed by atoms with Crippen LogP contribution in [0.4, 0.5) is 0 Å². The molecule has 166 valence electrons. The molecule has 0 aliphatic carbocycles. The van der Waals surface area contributed by atoms with Gasteiger partial charge in [0.1, 0.15) is 0 Å². The minimum Gasteiger partial charge on any atom is -0.478 e. The highest BCUT2D eigenvalue weighted by molar-refractivity contribution is 6.30. The van der Waals surface area contributed by atoms with Crippen LogP contribution in [0.25, 0.3) is 43.1 Å². The predicted octanol–water partition coefficient (Wildman–Crippen LogP) is 5.09. The topological polar surface area (TPSA) is 149 Å². The average molecular weight is 454 g/mol. The summed E-state index contributed by atoms with van der Waals surface area (Å²) in [6.07, 6.45) is 0. The highest BCUT2D eigenvalue weighted by atomic mass is 16.4. The Bertz CT molecular complexity index is 1630. The van der Waals surface area contributed by atoms with Crippen LogP contribution in [0.15, 0.2) is 60.7 Å². The molecule has 8 nitrogen and oxygen atoms in total. The molecule has 8 heteroatoms. The fourth-order valence-corrected chi connectivity index (χ4v) is 4.76. The number of hydrogen-bond donors (Lipinski definition) is 4. The van der Waals surface area contributed by atoms with Crippen LogP contribution in [-0.2, 0) is 0 Å². The molecule has 5 aromatic rings.